The average Bonchev–Trinajstić information content (AvgIpc) is 3.70. The Morgan fingerprint density at radius 2 is 2.00 bits per heavy atom. The number of carbonyl (C=O) groups is 3. The third kappa shape index (κ3) is 6.66. The molecule has 2 N–H and O–H groups in total. The Morgan fingerprint density at radius 1 is 1.17 bits per heavy atom. The SMILES string of the molecule is CCOC(=O)c1c(NC(=O)[C@@H](C)Sc2nnc(CNC(=O)c3cccs3)n2-c2cccc(Cl)c2)sc2c1CCCC2. The van der Waals surface area contributed by atoms with E-state index >= 15 is 0 Å². The summed E-state index contributed by atoms with van der Waals surface area (Å²) in [5.41, 5.74) is 2.17. The van der Waals surface area contributed by atoms with Crippen molar-refractivity contribution < 1.29 is 19.1 Å². The third-order valence-electron chi connectivity index (χ3n) is 6.46. The van der Waals surface area contributed by atoms with Crippen LogP contribution in [0.1, 0.15) is 63.0 Å². The predicted octanol–water partition coefficient (Wildman–Crippen LogP) is 6.15. The molecule has 2 amide bonds. The summed E-state index contributed by atoms with van der Waals surface area (Å²) in [6, 6.07) is 10.8. The van der Waals surface area contributed by atoms with E-state index in [4.69, 9.17) is 16.3 Å². The Balaban J connectivity index is 1.37. The second-order valence-corrected chi connectivity index (χ2v) is 13.1. The zero-order chi connectivity index (χ0) is 28.9. The van der Waals surface area contributed by atoms with Gasteiger partial charge in [0.05, 0.1) is 34.5 Å². The number of aromatic nitrogens is 3. The molecule has 0 aliphatic heterocycles. The van der Waals surface area contributed by atoms with Crippen molar-refractivity contribution in [3.8, 4) is 5.69 Å². The van der Waals surface area contributed by atoms with Crippen molar-refractivity contribution in [3.05, 3.63) is 73.5 Å². The van der Waals surface area contributed by atoms with Gasteiger partial charge in [-0.05, 0) is 74.7 Å². The highest BCUT2D eigenvalue weighted by atomic mass is 35.5. The minimum atomic E-state index is -0.583. The molecule has 0 spiro atoms. The van der Waals surface area contributed by atoms with E-state index in [-0.39, 0.29) is 25.0 Å². The molecular formula is C28H28ClN5O4S3. The van der Waals surface area contributed by atoms with E-state index in [1.54, 1.807) is 36.6 Å². The molecule has 0 saturated heterocycles. The molecule has 214 valence electrons. The summed E-state index contributed by atoms with van der Waals surface area (Å²) in [5.74, 6) is -0.397. The van der Waals surface area contributed by atoms with Crippen LogP contribution < -0.4 is 10.6 Å². The number of nitrogens with zero attached hydrogens (tertiary/aromatic N) is 3. The predicted molar refractivity (Wildman–Crippen MR) is 163 cm³/mol. The maximum absolute atomic E-state index is 13.4. The number of hydrogen-bond donors (Lipinski definition) is 2. The van der Waals surface area contributed by atoms with Gasteiger partial charge >= 0.3 is 5.97 Å². The van der Waals surface area contributed by atoms with Crippen LogP contribution in [0.3, 0.4) is 0 Å². The van der Waals surface area contributed by atoms with Crippen LogP contribution in [0.25, 0.3) is 5.69 Å². The van der Waals surface area contributed by atoms with Gasteiger partial charge in [0.2, 0.25) is 5.91 Å². The summed E-state index contributed by atoms with van der Waals surface area (Å²) < 4.78 is 7.10. The van der Waals surface area contributed by atoms with Crippen LogP contribution >= 0.6 is 46.0 Å². The first kappa shape index (κ1) is 29.3. The van der Waals surface area contributed by atoms with Crippen molar-refractivity contribution in [1.82, 2.24) is 20.1 Å². The van der Waals surface area contributed by atoms with E-state index in [1.807, 2.05) is 23.6 Å². The van der Waals surface area contributed by atoms with Crippen LogP contribution in [0.4, 0.5) is 5.00 Å². The molecule has 41 heavy (non-hydrogen) atoms. The van der Waals surface area contributed by atoms with Gasteiger partial charge in [-0.15, -0.1) is 32.9 Å². The summed E-state index contributed by atoms with van der Waals surface area (Å²) in [7, 11) is 0. The summed E-state index contributed by atoms with van der Waals surface area (Å²) in [4.78, 5) is 40.5. The number of benzene rings is 1. The standard InChI is InChI=1S/C28H28ClN5O4S3/c1-3-38-27(37)23-19-10-4-5-11-20(19)41-26(23)31-24(35)16(2)40-28-33-32-22(15-30-25(36)21-12-7-13-39-21)34(28)18-9-6-8-17(29)14-18/h6-9,12-14,16H,3-5,10-11,15H2,1-2H3,(H,30,36)(H,31,35)/t16-/m1/s1. The Bertz CT molecular complexity index is 1570. The van der Waals surface area contributed by atoms with E-state index in [2.05, 4.69) is 20.8 Å². The van der Waals surface area contributed by atoms with E-state index < -0.39 is 11.2 Å². The number of anilines is 1. The van der Waals surface area contributed by atoms with Crippen molar-refractivity contribution in [1.29, 1.82) is 0 Å². The lowest BCUT2D eigenvalue weighted by Crippen LogP contribution is -2.25. The number of halogens is 1. The maximum Gasteiger partial charge on any atom is 0.341 e. The van der Waals surface area contributed by atoms with Gasteiger partial charge in [-0.2, -0.15) is 0 Å². The van der Waals surface area contributed by atoms with Gasteiger partial charge in [0.1, 0.15) is 5.00 Å². The monoisotopic (exact) mass is 629 g/mol. The quantitative estimate of drug-likeness (QED) is 0.160. The fourth-order valence-corrected chi connectivity index (χ4v) is 7.51. The number of thioether (sulfide) groups is 1. The Morgan fingerprint density at radius 3 is 2.76 bits per heavy atom. The minimum Gasteiger partial charge on any atom is -0.462 e. The lowest BCUT2D eigenvalue weighted by atomic mass is 9.95. The second-order valence-electron chi connectivity index (χ2n) is 9.26. The zero-order valence-electron chi connectivity index (χ0n) is 22.4. The number of rotatable bonds is 10. The first-order valence-corrected chi connectivity index (χ1v) is 16.1. The van der Waals surface area contributed by atoms with Crippen LogP contribution in [0.2, 0.25) is 5.02 Å². The van der Waals surface area contributed by atoms with Gasteiger partial charge in [-0.25, -0.2) is 4.79 Å². The molecule has 13 heteroatoms. The Labute approximate surface area is 254 Å². The lowest BCUT2D eigenvalue weighted by Gasteiger charge is -2.15. The first-order valence-electron chi connectivity index (χ1n) is 13.2. The van der Waals surface area contributed by atoms with Crippen molar-refractivity contribution in [2.75, 3.05) is 11.9 Å². The fourth-order valence-electron chi connectivity index (χ4n) is 4.52. The minimum absolute atomic E-state index is 0.126. The van der Waals surface area contributed by atoms with Crippen molar-refractivity contribution in [3.63, 3.8) is 0 Å². The normalized spacial score (nSPS) is 13.3. The topological polar surface area (TPSA) is 115 Å². The van der Waals surface area contributed by atoms with Crippen LogP contribution in [0.5, 0.6) is 0 Å². The molecule has 9 nitrogen and oxygen atoms in total. The third-order valence-corrected chi connectivity index (χ3v) is 9.81. The van der Waals surface area contributed by atoms with Gasteiger partial charge in [-0.3, -0.25) is 14.2 Å². The van der Waals surface area contributed by atoms with Gasteiger partial charge < -0.3 is 15.4 Å². The second kappa shape index (κ2) is 13.2. The highest BCUT2D eigenvalue weighted by Crippen LogP contribution is 2.39. The van der Waals surface area contributed by atoms with Crippen molar-refractivity contribution in [2.45, 2.75) is 56.5 Å². The van der Waals surface area contributed by atoms with Gasteiger partial charge in [0.15, 0.2) is 11.0 Å². The smallest absolute Gasteiger partial charge is 0.341 e. The molecule has 3 aromatic heterocycles. The molecule has 4 aromatic rings. The number of ether oxygens (including phenoxy) is 1. The molecule has 1 atom stereocenters. The number of carbonyl (C=O) groups excluding carboxylic acids is 3. The van der Waals surface area contributed by atoms with Crippen molar-refractivity contribution in [2.24, 2.45) is 0 Å². The molecule has 0 radical (unpaired) electrons. The van der Waals surface area contributed by atoms with Gasteiger partial charge in [0, 0.05) is 9.90 Å². The van der Waals surface area contributed by atoms with Crippen LogP contribution in [0.15, 0.2) is 46.9 Å². The van der Waals surface area contributed by atoms with E-state index in [0.29, 0.717) is 37.1 Å². The molecule has 1 aromatic carbocycles. The van der Waals surface area contributed by atoms with Crippen LogP contribution in [-0.4, -0.2) is 44.4 Å². The molecule has 1 aliphatic rings. The number of fused-ring (bicyclic) bond motifs is 1. The summed E-state index contributed by atoms with van der Waals surface area (Å²) in [5, 5.41) is 17.3. The Hall–Kier alpha value is -3.19. The highest BCUT2D eigenvalue weighted by Gasteiger charge is 2.29. The van der Waals surface area contributed by atoms with E-state index in [0.717, 1.165) is 36.1 Å². The number of thiophene rings is 2. The number of hydrogen-bond acceptors (Lipinski definition) is 9. The molecule has 0 saturated carbocycles. The average molecular weight is 630 g/mol. The number of nitrogens with one attached hydrogen (secondary N) is 2. The van der Waals surface area contributed by atoms with Crippen LogP contribution in [0, 0.1) is 0 Å². The van der Waals surface area contributed by atoms with Gasteiger partial charge in [-0.1, -0.05) is 35.5 Å². The summed E-state index contributed by atoms with van der Waals surface area (Å²) in [6.45, 7) is 3.93. The molecule has 0 bridgehead atoms. The fraction of sp³-hybridized carbons (Fsp3) is 0.321. The molecule has 0 unspecified atom stereocenters. The largest absolute Gasteiger partial charge is 0.462 e. The molecular weight excluding hydrogens is 602 g/mol. The highest BCUT2D eigenvalue weighted by molar-refractivity contribution is 8.00. The maximum atomic E-state index is 13.4. The van der Waals surface area contributed by atoms with E-state index in [1.165, 1.54) is 34.4 Å². The summed E-state index contributed by atoms with van der Waals surface area (Å²) >= 11 is 10.3. The molecule has 5 rings (SSSR count). The number of esters is 1. The molecule has 0 fully saturated rings. The molecule has 3 heterocycles. The molecule has 1 aliphatic carbocycles. The Kier molecular flexibility index (Phi) is 9.43. The summed E-state index contributed by atoms with van der Waals surface area (Å²) in [6.07, 6.45) is 3.76. The zero-order valence-corrected chi connectivity index (χ0v) is 25.6. The van der Waals surface area contributed by atoms with Crippen molar-refractivity contribution >= 4 is 68.8 Å². The first-order chi connectivity index (χ1) is 19.9. The van der Waals surface area contributed by atoms with E-state index in [9.17, 15) is 14.4 Å². The lowest BCUT2D eigenvalue weighted by molar-refractivity contribution is -0.115. The van der Waals surface area contributed by atoms with Gasteiger partial charge in [0.25, 0.3) is 5.91 Å². The number of amides is 2. The number of aryl methyl sites for hydroxylation is 1. The van der Waals surface area contributed by atoms with Crippen LogP contribution in [-0.2, 0) is 28.9 Å².